The highest BCUT2D eigenvalue weighted by Gasteiger charge is 2.38. The molecule has 0 unspecified atom stereocenters. The summed E-state index contributed by atoms with van der Waals surface area (Å²) in [6, 6.07) is 0. The maximum atomic E-state index is 10.6. The molecule has 0 heterocycles. The number of carboxylic acid groups (broad SMARTS) is 2. The van der Waals surface area contributed by atoms with Crippen molar-refractivity contribution in [3.63, 3.8) is 0 Å². The van der Waals surface area contributed by atoms with E-state index in [0.717, 1.165) is 0 Å². The Kier molecular flexibility index (Phi) is 8.60. The number of hydrogen-bond donors (Lipinski definition) is 4. The molecule has 0 aliphatic carbocycles. The number of halogens is 3. The Labute approximate surface area is 93.6 Å². The van der Waals surface area contributed by atoms with Crippen molar-refractivity contribution < 1.29 is 37.8 Å². The largest absolute Gasteiger partial charge is 0.490 e. The van der Waals surface area contributed by atoms with Crippen molar-refractivity contribution in [1.29, 1.82) is 0 Å². The molecule has 0 bridgehead atoms. The van der Waals surface area contributed by atoms with Crippen molar-refractivity contribution in [3.8, 4) is 0 Å². The second kappa shape index (κ2) is 8.33. The Morgan fingerprint density at radius 3 is 1.82 bits per heavy atom. The molecule has 0 aromatic rings. The molecule has 100 valence electrons. The summed E-state index contributed by atoms with van der Waals surface area (Å²) in [5, 5.41) is 15.3. The first-order valence-corrected chi connectivity index (χ1v) is 4.08. The fraction of sp³-hybridized carbons (Fsp3) is 0.571. The number of amides is 1. The van der Waals surface area contributed by atoms with Gasteiger partial charge in [-0.15, -0.1) is 0 Å². The first kappa shape index (κ1) is 17.6. The second-order valence-electron chi connectivity index (χ2n) is 2.55. The first-order valence-electron chi connectivity index (χ1n) is 4.08. The van der Waals surface area contributed by atoms with Crippen LogP contribution in [-0.2, 0) is 14.4 Å². The van der Waals surface area contributed by atoms with Crippen LogP contribution < -0.4 is 10.9 Å². The van der Waals surface area contributed by atoms with Crippen LogP contribution in [0.25, 0.3) is 0 Å². The molecule has 1 amide bonds. The van der Waals surface area contributed by atoms with E-state index in [1.165, 1.54) is 6.92 Å². The number of hydrazine groups is 1. The van der Waals surface area contributed by atoms with Crippen LogP contribution in [0.15, 0.2) is 0 Å². The van der Waals surface area contributed by atoms with E-state index in [4.69, 9.17) is 15.0 Å². The predicted molar refractivity (Wildman–Crippen MR) is 47.8 cm³/mol. The number of nitrogens with one attached hydrogen (secondary N) is 2. The quantitative estimate of drug-likeness (QED) is 0.408. The molecule has 0 aliphatic rings. The van der Waals surface area contributed by atoms with E-state index in [9.17, 15) is 22.8 Å². The third kappa shape index (κ3) is 16.8. The number of alkyl halides is 3. The van der Waals surface area contributed by atoms with Crippen molar-refractivity contribution in [1.82, 2.24) is 10.9 Å². The minimum Gasteiger partial charge on any atom is -0.481 e. The van der Waals surface area contributed by atoms with Gasteiger partial charge in [-0.2, -0.15) is 13.2 Å². The number of carboxylic acids is 2. The Hall–Kier alpha value is -1.84. The minimum atomic E-state index is -5.08. The Morgan fingerprint density at radius 1 is 1.18 bits per heavy atom. The van der Waals surface area contributed by atoms with Gasteiger partial charge in [-0.25, -0.2) is 10.2 Å². The SMILES string of the molecule is CC(=O)NNCCC(=O)O.O=C(O)C(F)(F)F. The molecule has 17 heavy (non-hydrogen) atoms. The summed E-state index contributed by atoms with van der Waals surface area (Å²) in [7, 11) is 0. The number of carbonyl (C=O) groups excluding carboxylic acids is 1. The zero-order valence-electron chi connectivity index (χ0n) is 8.67. The van der Waals surface area contributed by atoms with Gasteiger partial charge in [-0.3, -0.25) is 15.0 Å². The highest BCUT2D eigenvalue weighted by atomic mass is 19.4. The number of hydrogen-bond acceptors (Lipinski definition) is 4. The van der Waals surface area contributed by atoms with Crippen molar-refractivity contribution >= 4 is 17.8 Å². The molecule has 0 fully saturated rings. The second-order valence-corrected chi connectivity index (χ2v) is 2.55. The van der Waals surface area contributed by atoms with Gasteiger partial charge in [0.05, 0.1) is 6.42 Å². The van der Waals surface area contributed by atoms with E-state index in [-0.39, 0.29) is 18.9 Å². The van der Waals surface area contributed by atoms with Gasteiger partial charge in [0.1, 0.15) is 0 Å². The van der Waals surface area contributed by atoms with Crippen molar-refractivity contribution in [2.45, 2.75) is 19.5 Å². The first-order chi connectivity index (χ1) is 7.57. The zero-order valence-corrected chi connectivity index (χ0v) is 8.67. The average molecular weight is 260 g/mol. The van der Waals surface area contributed by atoms with Gasteiger partial charge in [0.25, 0.3) is 0 Å². The van der Waals surface area contributed by atoms with Crippen LogP contribution in [0, 0.1) is 0 Å². The highest BCUT2D eigenvalue weighted by Crippen LogP contribution is 2.13. The lowest BCUT2D eigenvalue weighted by Gasteiger charge is -2.00. The van der Waals surface area contributed by atoms with Gasteiger partial charge in [0, 0.05) is 13.5 Å². The van der Waals surface area contributed by atoms with Crippen LogP contribution in [0.5, 0.6) is 0 Å². The predicted octanol–water partition coefficient (Wildman–Crippen LogP) is -0.265. The molecule has 0 rings (SSSR count). The van der Waals surface area contributed by atoms with Gasteiger partial charge in [0.15, 0.2) is 0 Å². The van der Waals surface area contributed by atoms with Gasteiger partial charge in [-0.1, -0.05) is 0 Å². The van der Waals surface area contributed by atoms with E-state index >= 15 is 0 Å². The van der Waals surface area contributed by atoms with Crippen molar-refractivity contribution in [2.75, 3.05) is 6.54 Å². The maximum absolute atomic E-state index is 10.6. The number of aliphatic carboxylic acids is 2. The van der Waals surface area contributed by atoms with Gasteiger partial charge in [-0.05, 0) is 0 Å². The molecule has 10 heteroatoms. The van der Waals surface area contributed by atoms with Crippen LogP contribution in [0.2, 0.25) is 0 Å². The summed E-state index contributed by atoms with van der Waals surface area (Å²) in [4.78, 5) is 29.0. The lowest BCUT2D eigenvalue weighted by atomic mass is 10.4. The Bertz CT molecular complexity index is 263. The molecule has 0 atom stereocenters. The fourth-order valence-electron chi connectivity index (χ4n) is 0.356. The van der Waals surface area contributed by atoms with Gasteiger partial charge in [0.2, 0.25) is 5.91 Å². The molecule has 0 saturated carbocycles. The van der Waals surface area contributed by atoms with Crippen LogP contribution in [0.4, 0.5) is 13.2 Å². The molecule has 0 aromatic heterocycles. The topological polar surface area (TPSA) is 116 Å². The molecule has 7 nitrogen and oxygen atoms in total. The third-order valence-electron chi connectivity index (χ3n) is 0.971. The van der Waals surface area contributed by atoms with Crippen LogP contribution in [0.1, 0.15) is 13.3 Å². The van der Waals surface area contributed by atoms with E-state index in [1.807, 2.05) is 0 Å². The molecule has 0 saturated heterocycles. The smallest absolute Gasteiger partial charge is 0.481 e. The van der Waals surface area contributed by atoms with E-state index in [0.29, 0.717) is 0 Å². The summed E-state index contributed by atoms with van der Waals surface area (Å²) < 4.78 is 31.7. The van der Waals surface area contributed by atoms with Gasteiger partial charge < -0.3 is 10.2 Å². The molecule has 0 aromatic carbocycles. The summed E-state index contributed by atoms with van der Waals surface area (Å²) in [6.07, 6.45) is -5.08. The molecule has 4 N–H and O–H groups in total. The fourth-order valence-corrected chi connectivity index (χ4v) is 0.356. The van der Waals surface area contributed by atoms with E-state index in [1.54, 1.807) is 0 Å². The Balaban J connectivity index is 0. The van der Waals surface area contributed by atoms with Crippen molar-refractivity contribution in [2.24, 2.45) is 0 Å². The summed E-state index contributed by atoms with van der Waals surface area (Å²) in [5.41, 5.74) is 4.68. The van der Waals surface area contributed by atoms with Crippen LogP contribution >= 0.6 is 0 Å². The normalized spacial score (nSPS) is 9.88. The monoisotopic (exact) mass is 260 g/mol. The molecule has 0 spiro atoms. The Morgan fingerprint density at radius 2 is 1.59 bits per heavy atom. The van der Waals surface area contributed by atoms with Crippen molar-refractivity contribution in [3.05, 3.63) is 0 Å². The minimum absolute atomic E-state index is 0.000278. The summed E-state index contributed by atoms with van der Waals surface area (Å²) in [5.74, 6) is -3.88. The summed E-state index contributed by atoms with van der Waals surface area (Å²) >= 11 is 0. The van der Waals surface area contributed by atoms with Crippen LogP contribution in [-0.4, -0.2) is 40.8 Å². The van der Waals surface area contributed by atoms with Gasteiger partial charge >= 0.3 is 18.1 Å². The standard InChI is InChI=1S/C5H10N2O3.C2HF3O2/c1-4(8)7-6-3-2-5(9)10;3-2(4,5)1(6)7/h6H,2-3H2,1H3,(H,7,8)(H,9,10);(H,6,7). The number of carbonyl (C=O) groups is 3. The summed E-state index contributed by atoms with van der Waals surface area (Å²) in [6.45, 7) is 1.59. The van der Waals surface area contributed by atoms with E-state index < -0.39 is 18.1 Å². The average Bonchev–Trinajstić information content (AvgIpc) is 2.11. The third-order valence-corrected chi connectivity index (χ3v) is 0.971. The maximum Gasteiger partial charge on any atom is 0.490 e. The molecule has 0 radical (unpaired) electrons. The van der Waals surface area contributed by atoms with Crippen LogP contribution in [0.3, 0.4) is 0 Å². The number of rotatable bonds is 4. The molecular formula is C7H11F3N2O5. The molecule has 0 aliphatic heterocycles. The highest BCUT2D eigenvalue weighted by molar-refractivity contribution is 5.73. The zero-order chi connectivity index (χ0) is 14.1. The van der Waals surface area contributed by atoms with E-state index in [2.05, 4.69) is 10.9 Å². The lowest BCUT2D eigenvalue weighted by molar-refractivity contribution is -0.192. The molecular weight excluding hydrogens is 249 g/mol. The lowest BCUT2D eigenvalue weighted by Crippen LogP contribution is -2.36.